The molecule has 4 nitrogen and oxygen atoms in total. The predicted molar refractivity (Wildman–Crippen MR) is 75.7 cm³/mol. The third-order valence-corrected chi connectivity index (χ3v) is 2.91. The highest BCUT2D eigenvalue weighted by Gasteiger charge is 2.02. The third kappa shape index (κ3) is 5.75. The molecule has 0 saturated carbocycles. The van der Waals surface area contributed by atoms with Crippen molar-refractivity contribution in [1.29, 1.82) is 0 Å². The van der Waals surface area contributed by atoms with E-state index in [0.717, 1.165) is 25.4 Å². The molecule has 0 radical (unpaired) electrons. The molecule has 106 valence electrons. The monoisotopic (exact) mass is 265 g/mol. The maximum Gasteiger partial charge on any atom is 0.310 e. The molecular formula is C15H23NO3. The summed E-state index contributed by atoms with van der Waals surface area (Å²) in [7, 11) is 0. The number of carbonyl (C=O) groups excluding carboxylic acids is 1. The molecule has 0 atom stereocenters. The number of carbonyl (C=O) groups is 1. The van der Waals surface area contributed by atoms with Crippen molar-refractivity contribution in [2.24, 2.45) is 0 Å². The molecule has 0 N–H and O–H groups in total. The van der Waals surface area contributed by atoms with Gasteiger partial charge in [0.15, 0.2) is 0 Å². The van der Waals surface area contributed by atoms with Gasteiger partial charge in [0.2, 0.25) is 0 Å². The van der Waals surface area contributed by atoms with Crippen LogP contribution in [0.15, 0.2) is 24.3 Å². The number of esters is 1. The summed E-state index contributed by atoms with van der Waals surface area (Å²) in [6.45, 7) is 9.70. The molecule has 4 heteroatoms. The largest absolute Gasteiger partial charge is 0.492 e. The maximum atomic E-state index is 11.1. The minimum atomic E-state index is -0.227. The van der Waals surface area contributed by atoms with E-state index in [1.807, 2.05) is 12.1 Å². The topological polar surface area (TPSA) is 38.8 Å². The Morgan fingerprint density at radius 3 is 2.16 bits per heavy atom. The van der Waals surface area contributed by atoms with Crippen molar-refractivity contribution >= 4 is 5.97 Å². The van der Waals surface area contributed by atoms with Gasteiger partial charge in [0, 0.05) is 13.0 Å². The second-order valence-corrected chi connectivity index (χ2v) is 4.17. The van der Waals surface area contributed by atoms with Gasteiger partial charge in [-0.3, -0.25) is 4.79 Å². The number of rotatable bonds is 8. The van der Waals surface area contributed by atoms with E-state index in [-0.39, 0.29) is 5.97 Å². The first-order valence-electron chi connectivity index (χ1n) is 6.85. The quantitative estimate of drug-likeness (QED) is 0.535. The number of benzene rings is 1. The molecule has 0 amide bonds. The predicted octanol–water partition coefficient (Wildman–Crippen LogP) is 2.72. The van der Waals surface area contributed by atoms with Gasteiger partial charge in [-0.05, 0) is 37.4 Å². The smallest absolute Gasteiger partial charge is 0.310 e. The van der Waals surface area contributed by atoms with Crippen LogP contribution in [-0.4, -0.2) is 37.1 Å². The molecule has 0 aliphatic heterocycles. The summed E-state index contributed by atoms with van der Waals surface area (Å²) >= 11 is 0. The van der Waals surface area contributed by atoms with Crippen LogP contribution in [-0.2, 0) is 4.79 Å². The van der Waals surface area contributed by atoms with Gasteiger partial charge in [0.25, 0.3) is 0 Å². The first kappa shape index (κ1) is 15.5. The van der Waals surface area contributed by atoms with Crippen LogP contribution in [0.5, 0.6) is 11.5 Å². The number of nitrogens with zero attached hydrogens (tertiary/aromatic N) is 1. The zero-order chi connectivity index (χ0) is 14.1. The van der Waals surface area contributed by atoms with Crippen molar-refractivity contribution in [3.8, 4) is 11.5 Å². The molecule has 0 bridgehead atoms. The van der Waals surface area contributed by atoms with Crippen molar-refractivity contribution in [2.75, 3.05) is 26.2 Å². The molecule has 0 saturated heterocycles. The van der Waals surface area contributed by atoms with E-state index in [2.05, 4.69) is 18.7 Å². The molecule has 0 heterocycles. The summed E-state index contributed by atoms with van der Waals surface area (Å²) in [5.74, 6) is 1.13. The highest BCUT2D eigenvalue weighted by atomic mass is 16.5. The first-order valence-corrected chi connectivity index (χ1v) is 6.85. The Bertz CT molecular complexity index is 371. The third-order valence-electron chi connectivity index (χ3n) is 2.91. The van der Waals surface area contributed by atoms with Gasteiger partial charge in [0.05, 0.1) is 0 Å². The van der Waals surface area contributed by atoms with Gasteiger partial charge in [-0.1, -0.05) is 20.8 Å². The van der Waals surface area contributed by atoms with Crippen molar-refractivity contribution in [3.63, 3.8) is 0 Å². The highest BCUT2D eigenvalue weighted by molar-refractivity contribution is 5.71. The van der Waals surface area contributed by atoms with Crippen LogP contribution in [0, 0.1) is 0 Å². The molecule has 0 spiro atoms. The Labute approximate surface area is 115 Å². The molecule has 0 aliphatic carbocycles. The molecule has 1 rings (SSSR count). The van der Waals surface area contributed by atoms with Gasteiger partial charge < -0.3 is 14.4 Å². The molecule has 1 aromatic rings. The highest BCUT2D eigenvalue weighted by Crippen LogP contribution is 2.17. The lowest BCUT2D eigenvalue weighted by Gasteiger charge is -2.18. The second kappa shape index (κ2) is 8.53. The van der Waals surface area contributed by atoms with E-state index in [1.165, 1.54) is 0 Å². The van der Waals surface area contributed by atoms with E-state index in [1.54, 1.807) is 19.1 Å². The first-order chi connectivity index (χ1) is 9.19. The van der Waals surface area contributed by atoms with Crippen LogP contribution in [0.1, 0.15) is 27.2 Å². The lowest BCUT2D eigenvalue weighted by molar-refractivity contribution is -0.134. The summed E-state index contributed by atoms with van der Waals surface area (Å²) in [5, 5.41) is 0. The standard InChI is InChI=1S/C15H23NO3/c1-4-15(17)19-14-9-7-13(8-10-14)18-12-11-16(5-2)6-3/h7-10H,4-6,11-12H2,1-3H3. The van der Waals surface area contributed by atoms with Crippen LogP contribution in [0.4, 0.5) is 0 Å². The van der Waals surface area contributed by atoms with Gasteiger partial charge in [-0.15, -0.1) is 0 Å². The van der Waals surface area contributed by atoms with Crippen LogP contribution >= 0.6 is 0 Å². The fourth-order valence-electron chi connectivity index (χ4n) is 1.64. The SMILES string of the molecule is CCC(=O)Oc1ccc(OCCN(CC)CC)cc1. The Kier molecular flexibility index (Phi) is 6.97. The Morgan fingerprint density at radius 2 is 1.63 bits per heavy atom. The lowest BCUT2D eigenvalue weighted by atomic mass is 10.3. The summed E-state index contributed by atoms with van der Waals surface area (Å²) in [6, 6.07) is 7.14. The van der Waals surface area contributed by atoms with Crippen molar-refractivity contribution in [3.05, 3.63) is 24.3 Å². The van der Waals surface area contributed by atoms with Crippen LogP contribution in [0.25, 0.3) is 0 Å². The molecule has 0 unspecified atom stereocenters. The number of hydrogen-bond donors (Lipinski definition) is 0. The minimum Gasteiger partial charge on any atom is -0.492 e. The summed E-state index contributed by atoms with van der Waals surface area (Å²) in [4.78, 5) is 13.4. The molecule has 0 aromatic heterocycles. The molecule has 19 heavy (non-hydrogen) atoms. The Hall–Kier alpha value is -1.55. The van der Waals surface area contributed by atoms with Crippen molar-refractivity contribution in [2.45, 2.75) is 27.2 Å². The number of hydrogen-bond acceptors (Lipinski definition) is 4. The molecule has 0 fully saturated rings. The fraction of sp³-hybridized carbons (Fsp3) is 0.533. The Balaban J connectivity index is 2.37. The maximum absolute atomic E-state index is 11.1. The van der Waals surface area contributed by atoms with Crippen molar-refractivity contribution < 1.29 is 14.3 Å². The number of likely N-dealkylation sites (N-methyl/N-ethyl adjacent to an activating group) is 1. The summed E-state index contributed by atoms with van der Waals surface area (Å²) in [6.07, 6.45) is 0.377. The van der Waals surface area contributed by atoms with Crippen molar-refractivity contribution in [1.82, 2.24) is 4.90 Å². The minimum absolute atomic E-state index is 0.227. The average molecular weight is 265 g/mol. The van der Waals surface area contributed by atoms with Gasteiger partial charge >= 0.3 is 5.97 Å². The molecule has 1 aromatic carbocycles. The van der Waals surface area contributed by atoms with Gasteiger partial charge in [0.1, 0.15) is 18.1 Å². The van der Waals surface area contributed by atoms with E-state index in [0.29, 0.717) is 18.8 Å². The van der Waals surface area contributed by atoms with E-state index < -0.39 is 0 Å². The molecular weight excluding hydrogens is 242 g/mol. The summed E-state index contributed by atoms with van der Waals surface area (Å²) < 4.78 is 10.7. The number of ether oxygens (including phenoxy) is 2. The zero-order valence-electron chi connectivity index (χ0n) is 12.0. The lowest BCUT2D eigenvalue weighted by Crippen LogP contribution is -2.27. The van der Waals surface area contributed by atoms with E-state index >= 15 is 0 Å². The normalized spacial score (nSPS) is 10.5. The second-order valence-electron chi connectivity index (χ2n) is 4.17. The van der Waals surface area contributed by atoms with Gasteiger partial charge in [-0.2, -0.15) is 0 Å². The fourth-order valence-corrected chi connectivity index (χ4v) is 1.64. The van der Waals surface area contributed by atoms with Crippen LogP contribution < -0.4 is 9.47 Å². The van der Waals surface area contributed by atoms with Gasteiger partial charge in [-0.25, -0.2) is 0 Å². The van der Waals surface area contributed by atoms with Crippen LogP contribution in [0.3, 0.4) is 0 Å². The Morgan fingerprint density at radius 1 is 1.05 bits per heavy atom. The summed E-state index contributed by atoms with van der Waals surface area (Å²) in [5.41, 5.74) is 0. The average Bonchev–Trinajstić information content (AvgIpc) is 2.45. The molecule has 0 aliphatic rings. The van der Waals surface area contributed by atoms with Crippen LogP contribution in [0.2, 0.25) is 0 Å². The van der Waals surface area contributed by atoms with E-state index in [4.69, 9.17) is 9.47 Å². The zero-order valence-corrected chi connectivity index (χ0v) is 12.0. The van der Waals surface area contributed by atoms with E-state index in [9.17, 15) is 4.79 Å².